The van der Waals surface area contributed by atoms with Gasteiger partial charge in [0.15, 0.2) is 5.96 Å². The highest BCUT2D eigenvalue weighted by Crippen LogP contribution is 2.09. The Kier molecular flexibility index (Phi) is 14.1. The van der Waals surface area contributed by atoms with Crippen molar-refractivity contribution in [3.8, 4) is 0 Å². The number of rotatable bonds is 15. The van der Waals surface area contributed by atoms with Crippen LogP contribution < -0.4 is 33.2 Å². The molecule has 0 aliphatic carbocycles. The van der Waals surface area contributed by atoms with E-state index in [0.717, 1.165) is 0 Å². The lowest BCUT2D eigenvalue weighted by molar-refractivity contribution is -0.141. The summed E-state index contributed by atoms with van der Waals surface area (Å²) in [6, 6.07) is -4.01. The predicted molar refractivity (Wildman–Crippen MR) is 129 cm³/mol. The number of hydrogen-bond donors (Lipinski definition) is 8. The van der Waals surface area contributed by atoms with E-state index < -0.39 is 47.9 Å². The molecule has 0 rings (SSSR count). The number of amides is 3. The number of thiol groups is 1. The maximum Gasteiger partial charge on any atom is 0.327 e. The summed E-state index contributed by atoms with van der Waals surface area (Å²) in [4.78, 5) is 53.3. The Morgan fingerprint density at radius 2 is 1.42 bits per heavy atom. The second kappa shape index (κ2) is 15.3. The summed E-state index contributed by atoms with van der Waals surface area (Å²) in [7, 11) is 0. The maximum atomic E-state index is 13.0. The molecule has 0 aromatic carbocycles. The van der Waals surface area contributed by atoms with Crippen LogP contribution in [-0.4, -0.2) is 71.2 Å². The summed E-state index contributed by atoms with van der Waals surface area (Å²) in [5.41, 5.74) is 16.5. The first-order chi connectivity index (χ1) is 15.3. The van der Waals surface area contributed by atoms with Crippen LogP contribution in [0, 0.1) is 11.8 Å². The molecule has 3 amide bonds. The molecule has 0 radical (unpaired) electrons. The van der Waals surface area contributed by atoms with Gasteiger partial charge in [-0.2, -0.15) is 12.6 Å². The number of carbonyl (C=O) groups excluding carboxylic acids is 3. The standard InChI is InChI=1S/C20H39N7O5S/c1-10(2)8-13(26-18(30)15(21)11(3)4)17(29)25-12(6-5-7-24-20(22)23)16(28)27-14(9-33)19(31)32/h10-15,33H,5-9,21H2,1-4H3,(H,25,29)(H,26,30)(H,27,28)(H,31,32)(H4,22,23,24). The number of carbonyl (C=O) groups is 4. The van der Waals surface area contributed by atoms with Crippen LogP contribution in [0.2, 0.25) is 0 Å². The lowest BCUT2D eigenvalue weighted by atomic mass is 10.00. The topological polar surface area (TPSA) is 215 Å². The van der Waals surface area contributed by atoms with Crippen molar-refractivity contribution in [1.82, 2.24) is 16.0 Å². The van der Waals surface area contributed by atoms with E-state index in [0.29, 0.717) is 12.8 Å². The van der Waals surface area contributed by atoms with E-state index in [1.807, 2.05) is 13.8 Å². The molecule has 190 valence electrons. The second-order valence-electron chi connectivity index (χ2n) is 8.55. The SMILES string of the molecule is CC(C)CC(NC(=O)C(N)C(C)C)C(=O)NC(CCCN=C(N)N)C(=O)NC(CS)C(=O)O. The van der Waals surface area contributed by atoms with E-state index in [1.165, 1.54) is 0 Å². The summed E-state index contributed by atoms with van der Waals surface area (Å²) >= 11 is 3.93. The summed E-state index contributed by atoms with van der Waals surface area (Å²) in [6.45, 7) is 7.57. The molecule has 0 spiro atoms. The molecule has 0 saturated carbocycles. The molecule has 10 N–H and O–H groups in total. The Morgan fingerprint density at radius 3 is 1.88 bits per heavy atom. The molecular formula is C20H39N7O5S. The van der Waals surface area contributed by atoms with Crippen LogP contribution >= 0.6 is 12.6 Å². The Labute approximate surface area is 200 Å². The summed E-state index contributed by atoms with van der Waals surface area (Å²) < 4.78 is 0. The number of hydrogen-bond acceptors (Lipinski definition) is 7. The lowest BCUT2D eigenvalue weighted by Crippen LogP contribution is -2.58. The van der Waals surface area contributed by atoms with Gasteiger partial charge in [-0.1, -0.05) is 27.7 Å². The third kappa shape index (κ3) is 12.3. The second-order valence-corrected chi connectivity index (χ2v) is 8.92. The smallest absolute Gasteiger partial charge is 0.327 e. The third-order valence-corrected chi connectivity index (χ3v) is 5.10. The molecule has 0 bridgehead atoms. The Balaban J connectivity index is 5.53. The van der Waals surface area contributed by atoms with Crippen molar-refractivity contribution in [3.05, 3.63) is 0 Å². The van der Waals surface area contributed by atoms with Gasteiger partial charge in [-0.15, -0.1) is 0 Å². The normalized spacial score (nSPS) is 14.7. The number of guanidine groups is 1. The van der Waals surface area contributed by atoms with Crippen LogP contribution in [0.3, 0.4) is 0 Å². The summed E-state index contributed by atoms with van der Waals surface area (Å²) in [5, 5.41) is 16.8. The highest BCUT2D eigenvalue weighted by Gasteiger charge is 2.30. The largest absolute Gasteiger partial charge is 0.480 e. The fraction of sp³-hybridized carbons (Fsp3) is 0.750. The van der Waals surface area contributed by atoms with Crippen LogP contribution in [0.1, 0.15) is 47.0 Å². The first kappa shape index (κ1) is 30.5. The maximum absolute atomic E-state index is 13.0. The molecule has 0 aromatic heterocycles. The number of carboxylic acids is 1. The molecular weight excluding hydrogens is 450 g/mol. The van der Waals surface area contributed by atoms with E-state index in [2.05, 4.69) is 33.6 Å². The Hall–Kier alpha value is -2.54. The monoisotopic (exact) mass is 489 g/mol. The Bertz CT molecular complexity index is 698. The molecule has 0 aliphatic heterocycles. The average Bonchev–Trinajstić information content (AvgIpc) is 2.71. The van der Waals surface area contributed by atoms with Crippen LogP contribution in [-0.2, 0) is 19.2 Å². The van der Waals surface area contributed by atoms with Gasteiger partial charge < -0.3 is 38.3 Å². The number of nitrogens with one attached hydrogen (secondary N) is 3. The average molecular weight is 490 g/mol. The van der Waals surface area contributed by atoms with Crippen LogP contribution in [0.4, 0.5) is 0 Å². The predicted octanol–water partition coefficient (Wildman–Crippen LogP) is -1.46. The zero-order chi connectivity index (χ0) is 25.7. The third-order valence-electron chi connectivity index (χ3n) is 4.74. The number of nitrogens with two attached hydrogens (primary N) is 3. The molecule has 13 heteroatoms. The fourth-order valence-corrected chi connectivity index (χ4v) is 3.02. The fourth-order valence-electron chi connectivity index (χ4n) is 2.78. The van der Waals surface area contributed by atoms with Crippen molar-refractivity contribution >= 4 is 42.3 Å². The van der Waals surface area contributed by atoms with Crippen molar-refractivity contribution in [3.63, 3.8) is 0 Å². The highest BCUT2D eigenvalue weighted by atomic mass is 32.1. The molecule has 4 unspecified atom stereocenters. The first-order valence-electron chi connectivity index (χ1n) is 10.9. The van der Waals surface area contributed by atoms with E-state index in [9.17, 15) is 24.3 Å². The van der Waals surface area contributed by atoms with Crippen molar-refractivity contribution in [2.45, 2.75) is 71.1 Å². The first-order valence-corrected chi connectivity index (χ1v) is 11.5. The van der Waals surface area contributed by atoms with Gasteiger partial charge in [0.25, 0.3) is 0 Å². The van der Waals surface area contributed by atoms with Gasteiger partial charge in [-0.25, -0.2) is 4.79 Å². The molecule has 0 aliphatic rings. The minimum absolute atomic E-state index is 0.0611. The zero-order valence-electron chi connectivity index (χ0n) is 19.7. The molecule has 0 saturated heterocycles. The Morgan fingerprint density at radius 1 is 0.909 bits per heavy atom. The minimum atomic E-state index is -1.25. The van der Waals surface area contributed by atoms with E-state index in [4.69, 9.17) is 17.2 Å². The molecule has 0 heterocycles. The van der Waals surface area contributed by atoms with E-state index >= 15 is 0 Å². The number of carboxylic acid groups (broad SMARTS) is 1. The molecule has 12 nitrogen and oxygen atoms in total. The summed E-state index contributed by atoms with van der Waals surface area (Å²) in [6.07, 6.45) is 0.800. The van der Waals surface area contributed by atoms with E-state index in [1.54, 1.807) is 13.8 Å². The van der Waals surface area contributed by atoms with Crippen LogP contribution in [0.5, 0.6) is 0 Å². The van der Waals surface area contributed by atoms with E-state index in [-0.39, 0.29) is 36.5 Å². The van der Waals surface area contributed by atoms with Crippen molar-refractivity contribution < 1.29 is 24.3 Å². The van der Waals surface area contributed by atoms with Gasteiger partial charge >= 0.3 is 5.97 Å². The quantitative estimate of drug-likeness (QED) is 0.0587. The lowest BCUT2D eigenvalue weighted by Gasteiger charge is -2.26. The van der Waals surface area contributed by atoms with Crippen LogP contribution in [0.15, 0.2) is 4.99 Å². The van der Waals surface area contributed by atoms with Crippen molar-refractivity contribution in [1.29, 1.82) is 0 Å². The highest BCUT2D eigenvalue weighted by molar-refractivity contribution is 7.80. The number of nitrogens with zero attached hydrogens (tertiary/aromatic N) is 1. The summed E-state index contributed by atoms with van der Waals surface area (Å²) in [5.74, 6) is -3.30. The van der Waals surface area contributed by atoms with Crippen LogP contribution in [0.25, 0.3) is 0 Å². The van der Waals surface area contributed by atoms with Gasteiger partial charge in [-0.05, 0) is 31.1 Å². The van der Waals surface area contributed by atoms with Gasteiger partial charge in [0.1, 0.15) is 18.1 Å². The van der Waals surface area contributed by atoms with Gasteiger partial charge in [0.05, 0.1) is 6.04 Å². The molecule has 0 aromatic rings. The van der Waals surface area contributed by atoms with Gasteiger partial charge in [0, 0.05) is 12.3 Å². The van der Waals surface area contributed by atoms with Gasteiger partial charge in [-0.3, -0.25) is 19.4 Å². The zero-order valence-corrected chi connectivity index (χ0v) is 20.6. The minimum Gasteiger partial charge on any atom is -0.480 e. The van der Waals surface area contributed by atoms with Crippen molar-refractivity contribution in [2.24, 2.45) is 34.0 Å². The molecule has 0 fully saturated rings. The molecule has 33 heavy (non-hydrogen) atoms. The number of aliphatic carboxylic acids is 1. The molecule has 4 atom stereocenters. The van der Waals surface area contributed by atoms with Crippen molar-refractivity contribution in [2.75, 3.05) is 12.3 Å². The van der Waals surface area contributed by atoms with Gasteiger partial charge in [0.2, 0.25) is 17.7 Å². The number of aliphatic imine (C=N–C) groups is 1.